The van der Waals surface area contributed by atoms with Crippen molar-refractivity contribution in [3.63, 3.8) is 0 Å². The minimum atomic E-state index is -0.990. The lowest BCUT2D eigenvalue weighted by molar-refractivity contribution is -0.147. The molecule has 0 aliphatic carbocycles. The maximum atomic E-state index is 11.0. The van der Waals surface area contributed by atoms with Crippen molar-refractivity contribution in [2.75, 3.05) is 5.32 Å². The Balaban J connectivity index is 2.73. The van der Waals surface area contributed by atoms with Gasteiger partial charge in [-0.15, -0.1) is 0 Å². The van der Waals surface area contributed by atoms with Crippen molar-refractivity contribution >= 4 is 17.6 Å². The lowest BCUT2D eigenvalue weighted by Crippen LogP contribution is -2.32. The summed E-state index contributed by atoms with van der Waals surface area (Å²) in [5.74, 6) is -0.812. The third-order valence-corrected chi connectivity index (χ3v) is 2.29. The molecule has 0 aliphatic heterocycles. The Morgan fingerprint density at radius 2 is 1.78 bits per heavy atom. The van der Waals surface area contributed by atoms with Crippen molar-refractivity contribution in [2.24, 2.45) is 5.92 Å². The van der Waals surface area contributed by atoms with E-state index in [-0.39, 0.29) is 11.8 Å². The van der Waals surface area contributed by atoms with Crippen LogP contribution in [0.15, 0.2) is 24.3 Å². The lowest BCUT2D eigenvalue weighted by Gasteiger charge is -2.18. The third kappa shape index (κ3) is 4.08. The van der Waals surface area contributed by atoms with Gasteiger partial charge in [0.1, 0.15) is 5.75 Å². The summed E-state index contributed by atoms with van der Waals surface area (Å²) in [6.45, 7) is 4.98. The number of benzene rings is 1. The Morgan fingerprint density at radius 3 is 2.17 bits per heavy atom. The molecule has 0 fully saturated rings. The van der Waals surface area contributed by atoms with Crippen LogP contribution in [0.1, 0.15) is 20.8 Å². The number of amides is 1. The molecule has 2 N–H and O–H groups in total. The minimum absolute atomic E-state index is 0.127. The Hall–Kier alpha value is -2.04. The van der Waals surface area contributed by atoms with Crippen LogP contribution in [0.2, 0.25) is 0 Å². The normalized spacial score (nSPS) is 12.0. The van der Waals surface area contributed by atoms with E-state index in [1.54, 1.807) is 38.1 Å². The Bertz CT molecular complexity index is 425. The second-order valence-corrected chi connectivity index (χ2v) is 4.33. The second-order valence-electron chi connectivity index (χ2n) is 4.33. The van der Waals surface area contributed by atoms with E-state index in [0.29, 0.717) is 11.4 Å². The average Bonchev–Trinajstić information content (AvgIpc) is 2.26. The van der Waals surface area contributed by atoms with Crippen LogP contribution >= 0.6 is 0 Å². The molecule has 1 amide bonds. The summed E-state index contributed by atoms with van der Waals surface area (Å²) < 4.78 is 5.39. The Labute approximate surface area is 106 Å². The fourth-order valence-electron chi connectivity index (χ4n) is 1.44. The van der Waals surface area contributed by atoms with Crippen molar-refractivity contribution < 1.29 is 19.4 Å². The van der Waals surface area contributed by atoms with Crippen molar-refractivity contribution in [3.05, 3.63) is 24.3 Å². The van der Waals surface area contributed by atoms with Crippen LogP contribution in [0.4, 0.5) is 5.69 Å². The molecule has 0 aromatic heterocycles. The molecule has 1 aromatic rings. The molecule has 1 rings (SSSR count). The molecule has 0 saturated carbocycles. The van der Waals surface area contributed by atoms with Gasteiger partial charge in [0.05, 0.1) is 0 Å². The molecule has 0 bridgehead atoms. The molecule has 0 radical (unpaired) electrons. The third-order valence-electron chi connectivity index (χ3n) is 2.29. The Morgan fingerprint density at radius 1 is 1.22 bits per heavy atom. The molecule has 1 unspecified atom stereocenters. The molecule has 5 nitrogen and oxygen atoms in total. The summed E-state index contributed by atoms with van der Waals surface area (Å²) in [7, 11) is 0. The van der Waals surface area contributed by atoms with E-state index >= 15 is 0 Å². The number of anilines is 1. The van der Waals surface area contributed by atoms with Gasteiger partial charge in [-0.1, -0.05) is 13.8 Å². The molecule has 5 heteroatoms. The van der Waals surface area contributed by atoms with Crippen molar-refractivity contribution in [3.8, 4) is 5.75 Å². The van der Waals surface area contributed by atoms with Gasteiger partial charge < -0.3 is 15.2 Å². The monoisotopic (exact) mass is 251 g/mol. The highest BCUT2D eigenvalue weighted by molar-refractivity contribution is 5.88. The molecule has 1 atom stereocenters. The van der Waals surface area contributed by atoms with Crippen LogP contribution in [0.3, 0.4) is 0 Å². The SMILES string of the molecule is CC(=O)Nc1ccc(OC(C(=O)O)C(C)C)cc1. The Kier molecular flexibility index (Phi) is 4.71. The number of carboxylic acids is 1. The summed E-state index contributed by atoms with van der Waals surface area (Å²) in [5.41, 5.74) is 0.645. The molecule has 18 heavy (non-hydrogen) atoms. The molecular formula is C13H17NO4. The first kappa shape index (κ1) is 14.0. The molecule has 0 aliphatic rings. The number of carboxylic acid groups (broad SMARTS) is 1. The predicted octanol–water partition coefficient (Wildman–Crippen LogP) is 2.13. The van der Waals surface area contributed by atoms with Crippen LogP contribution in [-0.2, 0) is 9.59 Å². The first-order chi connectivity index (χ1) is 8.40. The van der Waals surface area contributed by atoms with E-state index in [1.165, 1.54) is 6.92 Å². The number of ether oxygens (including phenoxy) is 1. The summed E-state index contributed by atoms with van der Waals surface area (Å²) in [4.78, 5) is 21.8. The van der Waals surface area contributed by atoms with Crippen molar-refractivity contribution in [2.45, 2.75) is 26.9 Å². The maximum absolute atomic E-state index is 11.0. The fraction of sp³-hybridized carbons (Fsp3) is 0.385. The van der Waals surface area contributed by atoms with E-state index in [2.05, 4.69) is 5.32 Å². The molecule has 0 spiro atoms. The van der Waals surface area contributed by atoms with Crippen LogP contribution < -0.4 is 10.1 Å². The second kappa shape index (κ2) is 6.05. The number of hydrogen-bond donors (Lipinski definition) is 2. The quantitative estimate of drug-likeness (QED) is 0.840. The first-order valence-corrected chi connectivity index (χ1v) is 5.67. The van der Waals surface area contributed by atoms with Gasteiger partial charge in [-0.25, -0.2) is 4.79 Å². The molecule has 98 valence electrons. The van der Waals surface area contributed by atoms with Crippen molar-refractivity contribution in [1.82, 2.24) is 0 Å². The van der Waals surface area contributed by atoms with E-state index in [1.807, 2.05) is 0 Å². The van der Waals surface area contributed by atoms with Gasteiger partial charge in [0.25, 0.3) is 0 Å². The number of rotatable bonds is 5. The molecule has 0 heterocycles. The fourth-order valence-corrected chi connectivity index (χ4v) is 1.44. The highest BCUT2D eigenvalue weighted by atomic mass is 16.5. The van der Waals surface area contributed by atoms with Gasteiger partial charge in [-0.3, -0.25) is 4.79 Å². The van der Waals surface area contributed by atoms with Gasteiger partial charge in [0.15, 0.2) is 6.10 Å². The predicted molar refractivity (Wildman–Crippen MR) is 67.6 cm³/mol. The zero-order valence-electron chi connectivity index (χ0n) is 10.6. The molecule has 1 aromatic carbocycles. The molecule has 0 saturated heterocycles. The standard InChI is InChI=1S/C13H17NO4/c1-8(2)12(13(16)17)18-11-6-4-10(5-7-11)14-9(3)15/h4-8,12H,1-3H3,(H,14,15)(H,16,17). The van der Waals surface area contributed by atoms with E-state index in [4.69, 9.17) is 9.84 Å². The minimum Gasteiger partial charge on any atom is -0.478 e. The zero-order chi connectivity index (χ0) is 13.7. The van der Waals surface area contributed by atoms with Crippen molar-refractivity contribution in [1.29, 1.82) is 0 Å². The van der Waals surface area contributed by atoms with Gasteiger partial charge in [-0.05, 0) is 24.3 Å². The number of carbonyl (C=O) groups is 2. The zero-order valence-corrected chi connectivity index (χ0v) is 10.6. The van der Waals surface area contributed by atoms with Crippen LogP contribution in [0.25, 0.3) is 0 Å². The number of aliphatic carboxylic acids is 1. The van der Waals surface area contributed by atoms with E-state index in [0.717, 1.165) is 0 Å². The molecular weight excluding hydrogens is 234 g/mol. The van der Waals surface area contributed by atoms with E-state index < -0.39 is 12.1 Å². The lowest BCUT2D eigenvalue weighted by atomic mass is 10.1. The van der Waals surface area contributed by atoms with Gasteiger partial charge in [0.2, 0.25) is 5.91 Å². The summed E-state index contributed by atoms with van der Waals surface area (Å²) in [5, 5.41) is 11.6. The van der Waals surface area contributed by atoms with Gasteiger partial charge >= 0.3 is 5.97 Å². The summed E-state index contributed by atoms with van der Waals surface area (Å²) in [6, 6.07) is 6.58. The highest BCUT2D eigenvalue weighted by Crippen LogP contribution is 2.19. The van der Waals surface area contributed by atoms with Gasteiger partial charge in [0, 0.05) is 18.5 Å². The van der Waals surface area contributed by atoms with E-state index in [9.17, 15) is 9.59 Å². The summed E-state index contributed by atoms with van der Waals surface area (Å²) in [6.07, 6.45) is -0.878. The van der Waals surface area contributed by atoms with Crippen LogP contribution in [0.5, 0.6) is 5.75 Å². The maximum Gasteiger partial charge on any atom is 0.345 e. The summed E-state index contributed by atoms with van der Waals surface area (Å²) >= 11 is 0. The number of carbonyl (C=O) groups excluding carboxylic acids is 1. The average molecular weight is 251 g/mol. The smallest absolute Gasteiger partial charge is 0.345 e. The largest absolute Gasteiger partial charge is 0.478 e. The topological polar surface area (TPSA) is 75.6 Å². The first-order valence-electron chi connectivity index (χ1n) is 5.67. The number of nitrogens with one attached hydrogen (secondary N) is 1. The number of hydrogen-bond acceptors (Lipinski definition) is 3. The van der Waals surface area contributed by atoms with Crippen LogP contribution in [-0.4, -0.2) is 23.1 Å². The van der Waals surface area contributed by atoms with Gasteiger partial charge in [-0.2, -0.15) is 0 Å². The highest BCUT2D eigenvalue weighted by Gasteiger charge is 2.23. The van der Waals surface area contributed by atoms with Crippen LogP contribution in [0, 0.1) is 5.92 Å².